The first kappa shape index (κ1) is 15.2. The number of esters is 1. The molecular weight excluding hydrogens is 292 g/mol. The summed E-state index contributed by atoms with van der Waals surface area (Å²) in [5.74, 6) is 8.93. The molecule has 0 heterocycles. The van der Waals surface area contributed by atoms with Crippen LogP contribution < -0.4 is 0 Å². The van der Waals surface area contributed by atoms with Crippen molar-refractivity contribution in [3.05, 3.63) is 12.7 Å². The third kappa shape index (κ3) is 2.50. The summed E-state index contributed by atoms with van der Waals surface area (Å²) in [6, 6.07) is 0. The molecule has 7 aliphatic rings. The van der Waals surface area contributed by atoms with E-state index < -0.39 is 12.1 Å². The number of carbonyl (C=O) groups is 2. The Balaban J connectivity index is 0.000000134. The summed E-state index contributed by atoms with van der Waals surface area (Å²) in [6.45, 7) is 3.21. The number of hydrogen-bond acceptors (Lipinski definition) is 3. The Kier molecular flexibility index (Phi) is 3.73. The molecule has 7 aliphatic carbocycles. The molecule has 0 spiro atoms. The van der Waals surface area contributed by atoms with E-state index in [-0.39, 0.29) is 6.42 Å². The third-order valence-electron chi connectivity index (χ3n) is 7.44. The standard InChI is InChI=1S/C14H20.C5H6O4/c1-7-2-12-10-4-8-5-11(9(1)10)13(3-7)14(12)6-8;1-2-3-4(6)9-5(7)8/h7-14H,1-6H2;2H,1,3H2,(H,7,8). The Morgan fingerprint density at radius 2 is 1.22 bits per heavy atom. The van der Waals surface area contributed by atoms with Gasteiger partial charge in [0, 0.05) is 0 Å². The van der Waals surface area contributed by atoms with Gasteiger partial charge in [0.05, 0.1) is 6.42 Å². The molecule has 0 unspecified atom stereocenters. The second-order valence-electron chi connectivity index (χ2n) is 8.36. The van der Waals surface area contributed by atoms with Gasteiger partial charge in [0.15, 0.2) is 0 Å². The number of carboxylic acid groups (broad SMARTS) is 1. The van der Waals surface area contributed by atoms with Gasteiger partial charge in [-0.1, -0.05) is 6.08 Å². The van der Waals surface area contributed by atoms with E-state index in [0.717, 1.165) is 0 Å². The summed E-state index contributed by atoms with van der Waals surface area (Å²) in [5.41, 5.74) is 0. The lowest BCUT2D eigenvalue weighted by Crippen LogP contribution is -2.62. The van der Waals surface area contributed by atoms with E-state index in [4.69, 9.17) is 5.11 Å². The van der Waals surface area contributed by atoms with Crippen LogP contribution in [0.15, 0.2) is 12.7 Å². The first-order valence-electron chi connectivity index (χ1n) is 9.11. The molecule has 4 heteroatoms. The highest BCUT2D eigenvalue weighted by Gasteiger charge is 2.63. The van der Waals surface area contributed by atoms with Gasteiger partial charge in [-0.05, 0) is 85.9 Å². The molecule has 0 aromatic carbocycles. The zero-order valence-corrected chi connectivity index (χ0v) is 13.5. The summed E-state index contributed by atoms with van der Waals surface area (Å²) in [4.78, 5) is 19.8. The topological polar surface area (TPSA) is 63.6 Å². The summed E-state index contributed by atoms with van der Waals surface area (Å²) in [7, 11) is 0. The minimum Gasteiger partial charge on any atom is -0.449 e. The van der Waals surface area contributed by atoms with Crippen molar-refractivity contribution in [3.8, 4) is 0 Å². The molecule has 0 saturated heterocycles. The van der Waals surface area contributed by atoms with Crippen LogP contribution in [0.25, 0.3) is 0 Å². The summed E-state index contributed by atoms with van der Waals surface area (Å²) in [6.07, 6.45) is 9.54. The van der Waals surface area contributed by atoms with Gasteiger partial charge in [-0.15, -0.1) is 6.58 Å². The second kappa shape index (κ2) is 5.64. The van der Waals surface area contributed by atoms with Crippen LogP contribution in [-0.4, -0.2) is 17.2 Å². The van der Waals surface area contributed by atoms with E-state index in [1.807, 2.05) is 0 Å². The van der Waals surface area contributed by atoms with Crippen LogP contribution in [0.4, 0.5) is 4.79 Å². The fraction of sp³-hybridized carbons (Fsp3) is 0.789. The van der Waals surface area contributed by atoms with E-state index in [2.05, 4.69) is 11.3 Å². The fourth-order valence-corrected chi connectivity index (χ4v) is 7.15. The second-order valence-corrected chi connectivity index (χ2v) is 8.36. The quantitative estimate of drug-likeness (QED) is 0.473. The SMILES string of the molecule is C1C2CC3C4CC5CC(C14)C(C2)C3C5.C=CCC(=O)OC(=O)O. The Labute approximate surface area is 137 Å². The highest BCUT2D eigenvalue weighted by atomic mass is 16.7. The summed E-state index contributed by atoms with van der Waals surface area (Å²) in [5, 5.41) is 7.83. The van der Waals surface area contributed by atoms with Crippen molar-refractivity contribution in [1.29, 1.82) is 0 Å². The Hall–Kier alpha value is -1.32. The molecule has 126 valence electrons. The van der Waals surface area contributed by atoms with Crippen LogP contribution in [0.5, 0.6) is 0 Å². The van der Waals surface area contributed by atoms with Gasteiger partial charge >= 0.3 is 12.1 Å². The van der Waals surface area contributed by atoms with Crippen molar-refractivity contribution in [2.75, 3.05) is 0 Å². The first-order valence-corrected chi connectivity index (χ1v) is 9.11. The van der Waals surface area contributed by atoms with E-state index in [0.29, 0.717) is 0 Å². The van der Waals surface area contributed by atoms with Crippen LogP contribution in [0, 0.1) is 47.3 Å². The van der Waals surface area contributed by atoms with Gasteiger partial charge in [0.1, 0.15) is 0 Å². The minimum atomic E-state index is -1.58. The largest absolute Gasteiger partial charge is 0.513 e. The van der Waals surface area contributed by atoms with Crippen molar-refractivity contribution in [2.24, 2.45) is 47.3 Å². The summed E-state index contributed by atoms with van der Waals surface area (Å²) >= 11 is 0. The van der Waals surface area contributed by atoms with Crippen molar-refractivity contribution in [2.45, 2.75) is 44.9 Å². The molecule has 0 aliphatic heterocycles. The van der Waals surface area contributed by atoms with Gasteiger partial charge < -0.3 is 9.84 Å². The molecule has 4 nitrogen and oxygen atoms in total. The van der Waals surface area contributed by atoms with Crippen LogP contribution in [0.3, 0.4) is 0 Å². The van der Waals surface area contributed by atoms with Gasteiger partial charge in [0.2, 0.25) is 0 Å². The van der Waals surface area contributed by atoms with E-state index in [1.54, 1.807) is 38.5 Å². The fourth-order valence-electron chi connectivity index (χ4n) is 7.15. The molecule has 7 fully saturated rings. The molecular formula is C19H26O4. The number of ether oxygens (including phenoxy) is 1. The van der Waals surface area contributed by atoms with Crippen molar-refractivity contribution < 1.29 is 19.4 Å². The van der Waals surface area contributed by atoms with Crippen LogP contribution in [-0.2, 0) is 9.53 Å². The van der Waals surface area contributed by atoms with Crippen molar-refractivity contribution in [1.82, 2.24) is 0 Å². The third-order valence-corrected chi connectivity index (χ3v) is 7.44. The molecule has 0 amide bonds. The van der Waals surface area contributed by atoms with Crippen molar-refractivity contribution >= 4 is 12.1 Å². The maximum atomic E-state index is 10.2. The molecule has 0 radical (unpaired) electrons. The molecule has 0 atom stereocenters. The van der Waals surface area contributed by atoms with Crippen LogP contribution >= 0.6 is 0 Å². The van der Waals surface area contributed by atoms with E-state index in [1.165, 1.54) is 53.4 Å². The predicted octanol–water partition coefficient (Wildman–Crippen LogP) is 4.11. The van der Waals surface area contributed by atoms with Gasteiger partial charge in [-0.25, -0.2) is 4.79 Å². The van der Waals surface area contributed by atoms with Gasteiger partial charge in [-0.2, -0.15) is 0 Å². The number of rotatable bonds is 2. The minimum absolute atomic E-state index is 0.0771. The molecule has 0 aromatic rings. The van der Waals surface area contributed by atoms with Crippen LogP contribution in [0.1, 0.15) is 44.9 Å². The lowest BCUT2D eigenvalue weighted by atomic mass is 9.36. The highest BCUT2D eigenvalue weighted by molar-refractivity contribution is 5.81. The van der Waals surface area contributed by atoms with Crippen LogP contribution in [0.2, 0.25) is 0 Å². The molecule has 0 aromatic heterocycles. The lowest BCUT2D eigenvalue weighted by molar-refractivity contribution is -0.202. The zero-order chi connectivity index (χ0) is 16.1. The van der Waals surface area contributed by atoms with E-state index >= 15 is 0 Å². The predicted molar refractivity (Wildman–Crippen MR) is 84.6 cm³/mol. The highest BCUT2D eigenvalue weighted by Crippen LogP contribution is 2.71. The number of hydrogen-bond donors (Lipinski definition) is 1. The Morgan fingerprint density at radius 3 is 1.48 bits per heavy atom. The van der Waals surface area contributed by atoms with Crippen molar-refractivity contribution in [3.63, 3.8) is 0 Å². The Bertz CT molecular complexity index is 438. The smallest absolute Gasteiger partial charge is 0.449 e. The Morgan fingerprint density at radius 1 is 0.870 bits per heavy atom. The average molecular weight is 318 g/mol. The summed E-state index contributed by atoms with van der Waals surface area (Å²) < 4.78 is 3.70. The maximum Gasteiger partial charge on any atom is 0.513 e. The molecule has 7 saturated carbocycles. The monoisotopic (exact) mass is 318 g/mol. The number of carbonyl (C=O) groups excluding carboxylic acids is 1. The van der Waals surface area contributed by atoms with Gasteiger partial charge in [-0.3, -0.25) is 4.79 Å². The molecule has 7 rings (SSSR count). The molecule has 23 heavy (non-hydrogen) atoms. The van der Waals surface area contributed by atoms with Gasteiger partial charge in [0.25, 0.3) is 0 Å². The molecule has 8 bridgehead atoms. The van der Waals surface area contributed by atoms with E-state index in [9.17, 15) is 9.59 Å². The normalized spacial score (nSPS) is 47.0. The first-order chi connectivity index (χ1) is 11.1. The molecule has 1 N–H and O–H groups in total. The zero-order valence-electron chi connectivity index (χ0n) is 13.5. The lowest BCUT2D eigenvalue weighted by Gasteiger charge is -2.69. The average Bonchev–Trinajstić information content (AvgIpc) is 2.52. The maximum absolute atomic E-state index is 10.2.